The van der Waals surface area contributed by atoms with Gasteiger partial charge in [0.25, 0.3) is 0 Å². The molecule has 0 aromatic heterocycles. The molecule has 242 valence electrons. The molecule has 0 amide bonds. The molecule has 3 heteroatoms. The fraction of sp³-hybridized carbons (Fsp3) is 0.0204. The van der Waals surface area contributed by atoms with Gasteiger partial charge in [-0.2, -0.15) is 0 Å². The molecule has 0 atom stereocenters. The minimum atomic E-state index is 0.768. The van der Waals surface area contributed by atoms with E-state index in [9.17, 15) is 0 Å². The van der Waals surface area contributed by atoms with Crippen molar-refractivity contribution in [3.05, 3.63) is 175 Å². The number of fused-ring (bicyclic) bond motifs is 3. The average Bonchev–Trinajstić information content (AvgIpc) is 3.19. The third-order valence-corrected chi connectivity index (χ3v) is 11.1. The minimum Gasteiger partial charge on any atom is -0.453 e. The summed E-state index contributed by atoms with van der Waals surface area (Å²) in [5.41, 5.74) is 12.6. The van der Waals surface area contributed by atoms with E-state index in [4.69, 9.17) is 9.47 Å². The van der Waals surface area contributed by atoms with Gasteiger partial charge in [-0.25, -0.2) is 0 Å². The van der Waals surface area contributed by atoms with Crippen LogP contribution in [0.5, 0.6) is 23.0 Å². The molecule has 3 heterocycles. The molecule has 9 aromatic carbocycles. The van der Waals surface area contributed by atoms with E-state index in [-0.39, 0.29) is 0 Å². The number of benzene rings is 9. The molecule has 3 aliphatic rings. The third kappa shape index (κ3) is 3.91. The second kappa shape index (κ2) is 10.3. The maximum absolute atomic E-state index is 7.02. The Balaban J connectivity index is 1.13. The lowest BCUT2D eigenvalue weighted by Gasteiger charge is -2.43. The number of nitrogens with zero attached hydrogens (tertiary/aromatic N) is 1. The molecule has 12 rings (SSSR count). The van der Waals surface area contributed by atoms with Crippen molar-refractivity contribution in [2.45, 2.75) is 6.42 Å². The van der Waals surface area contributed by atoms with E-state index < -0.39 is 0 Å². The van der Waals surface area contributed by atoms with Crippen molar-refractivity contribution in [3.8, 4) is 56.4 Å². The molecule has 52 heavy (non-hydrogen) atoms. The summed E-state index contributed by atoms with van der Waals surface area (Å²) in [4.78, 5) is 2.42. The summed E-state index contributed by atoms with van der Waals surface area (Å²) in [5.74, 6) is 3.33. The first-order valence-electron chi connectivity index (χ1n) is 17.9. The van der Waals surface area contributed by atoms with Crippen LogP contribution in [0.2, 0.25) is 0 Å². The molecule has 9 aromatic rings. The second-order valence-corrected chi connectivity index (χ2v) is 14.1. The predicted molar refractivity (Wildman–Crippen MR) is 213 cm³/mol. The second-order valence-electron chi connectivity index (χ2n) is 14.1. The van der Waals surface area contributed by atoms with Gasteiger partial charge in [-0.3, -0.25) is 4.90 Å². The number of anilines is 3. The van der Waals surface area contributed by atoms with Crippen molar-refractivity contribution in [1.82, 2.24) is 0 Å². The molecule has 0 radical (unpaired) electrons. The highest BCUT2D eigenvalue weighted by Gasteiger charge is 2.41. The molecular formula is C49H29NO2. The van der Waals surface area contributed by atoms with Crippen LogP contribution in [-0.4, -0.2) is 0 Å². The minimum absolute atomic E-state index is 0.768. The molecule has 0 saturated heterocycles. The van der Waals surface area contributed by atoms with Crippen LogP contribution >= 0.6 is 0 Å². The van der Waals surface area contributed by atoms with Gasteiger partial charge in [0.15, 0.2) is 23.0 Å². The largest absolute Gasteiger partial charge is 0.453 e. The first kappa shape index (κ1) is 27.9. The van der Waals surface area contributed by atoms with Crippen LogP contribution in [-0.2, 0) is 6.42 Å². The van der Waals surface area contributed by atoms with Crippen LogP contribution in [0.25, 0.3) is 65.7 Å². The quantitative estimate of drug-likeness (QED) is 0.188. The van der Waals surface area contributed by atoms with E-state index >= 15 is 0 Å². The molecule has 3 aliphatic heterocycles. The van der Waals surface area contributed by atoms with E-state index in [1.807, 2.05) is 0 Å². The van der Waals surface area contributed by atoms with Crippen molar-refractivity contribution in [3.63, 3.8) is 0 Å². The molecule has 0 saturated carbocycles. The lowest BCUT2D eigenvalue weighted by Crippen LogP contribution is -2.26. The summed E-state index contributed by atoms with van der Waals surface area (Å²) in [6.07, 6.45) is 0.768. The highest BCUT2D eigenvalue weighted by atomic mass is 16.5. The van der Waals surface area contributed by atoms with Crippen LogP contribution in [0, 0.1) is 0 Å². The molecule has 0 fully saturated rings. The van der Waals surface area contributed by atoms with Gasteiger partial charge in [-0.1, -0.05) is 127 Å². The van der Waals surface area contributed by atoms with Gasteiger partial charge in [-0.05, 0) is 113 Å². The maximum atomic E-state index is 7.02. The molecule has 0 unspecified atom stereocenters. The zero-order valence-electron chi connectivity index (χ0n) is 28.1. The van der Waals surface area contributed by atoms with E-state index in [0.29, 0.717) is 0 Å². The Morgan fingerprint density at radius 3 is 1.12 bits per heavy atom. The molecule has 0 N–H and O–H groups in total. The van der Waals surface area contributed by atoms with Gasteiger partial charge in [-0.15, -0.1) is 0 Å². The predicted octanol–water partition coefficient (Wildman–Crippen LogP) is 13.7. The summed E-state index contributed by atoms with van der Waals surface area (Å²) in [7, 11) is 0. The maximum Gasteiger partial charge on any atom is 0.156 e. The topological polar surface area (TPSA) is 21.7 Å². The molecule has 0 spiro atoms. The van der Waals surface area contributed by atoms with Crippen LogP contribution in [0.4, 0.5) is 17.1 Å². The van der Waals surface area contributed by atoms with Gasteiger partial charge in [0.2, 0.25) is 0 Å². The lowest BCUT2D eigenvalue weighted by atomic mass is 9.86. The Kier molecular flexibility index (Phi) is 5.56. The first-order chi connectivity index (χ1) is 25.7. The number of hydrogen-bond donors (Lipinski definition) is 0. The molecule has 0 bridgehead atoms. The fourth-order valence-electron chi connectivity index (χ4n) is 8.90. The highest BCUT2D eigenvalue weighted by Crippen LogP contribution is 2.65. The molecular weight excluding hydrogens is 635 g/mol. The van der Waals surface area contributed by atoms with Gasteiger partial charge < -0.3 is 9.47 Å². The highest BCUT2D eigenvalue weighted by molar-refractivity contribution is 6.05. The lowest BCUT2D eigenvalue weighted by molar-refractivity contribution is 0.444. The van der Waals surface area contributed by atoms with Crippen LogP contribution < -0.4 is 14.4 Å². The standard InChI is InChI=1S/C49H29NO2/c1-4-16-37-29(10-1)13-7-19-40(37)32-22-35-24-36-23-33(41-20-8-14-30-11-2-5-17-38(30)41)26-44-48(36)50-47(35)43(25-32)51-45-27-34(28-46(52-44)49(45)50)42-21-9-15-31-12-3-6-18-39(31)42/h1-23,25-28H,24H2. The fourth-order valence-corrected chi connectivity index (χ4v) is 8.90. The normalized spacial score (nSPS) is 13.2. The van der Waals surface area contributed by atoms with Crippen molar-refractivity contribution >= 4 is 49.4 Å². The SMILES string of the molecule is c1ccc2c(-c3cc4c5c(c3)Oc3cc(-c6cccc7ccccc67)cc6c3N5c3c(cc(-c5cccc7ccccc57)cc3O6)C4)cccc2c1. The number of hydrogen-bond acceptors (Lipinski definition) is 3. The van der Waals surface area contributed by atoms with Gasteiger partial charge in [0.1, 0.15) is 5.69 Å². The zero-order chi connectivity index (χ0) is 33.9. The first-order valence-corrected chi connectivity index (χ1v) is 17.9. The Labute approximate surface area is 300 Å². The van der Waals surface area contributed by atoms with Crippen molar-refractivity contribution in [2.75, 3.05) is 4.90 Å². The Hall–Kier alpha value is -6.84. The monoisotopic (exact) mass is 663 g/mol. The zero-order valence-corrected chi connectivity index (χ0v) is 28.1. The third-order valence-electron chi connectivity index (χ3n) is 11.1. The van der Waals surface area contributed by atoms with Crippen molar-refractivity contribution in [1.29, 1.82) is 0 Å². The Bertz CT molecular complexity index is 2600. The number of rotatable bonds is 3. The Morgan fingerprint density at radius 2 is 0.692 bits per heavy atom. The summed E-state index contributed by atoms with van der Waals surface area (Å²) in [6, 6.07) is 59.1. The van der Waals surface area contributed by atoms with Gasteiger partial charge in [0, 0.05) is 6.42 Å². The van der Waals surface area contributed by atoms with Gasteiger partial charge in [0.05, 0.1) is 11.4 Å². The van der Waals surface area contributed by atoms with E-state index in [2.05, 4.69) is 169 Å². The number of ether oxygens (including phenoxy) is 2. The summed E-state index contributed by atoms with van der Waals surface area (Å²) >= 11 is 0. The van der Waals surface area contributed by atoms with Crippen LogP contribution in [0.15, 0.2) is 164 Å². The van der Waals surface area contributed by atoms with Crippen molar-refractivity contribution in [2.24, 2.45) is 0 Å². The van der Waals surface area contributed by atoms with Gasteiger partial charge >= 0.3 is 0 Å². The molecule has 0 aliphatic carbocycles. The Morgan fingerprint density at radius 1 is 0.346 bits per heavy atom. The van der Waals surface area contributed by atoms with Crippen LogP contribution in [0.1, 0.15) is 11.1 Å². The van der Waals surface area contributed by atoms with E-state index in [0.717, 1.165) is 68.7 Å². The smallest absolute Gasteiger partial charge is 0.156 e. The average molecular weight is 664 g/mol. The molecule has 3 nitrogen and oxygen atoms in total. The van der Waals surface area contributed by atoms with Crippen LogP contribution in [0.3, 0.4) is 0 Å². The van der Waals surface area contributed by atoms with E-state index in [1.54, 1.807) is 0 Å². The van der Waals surface area contributed by atoms with Crippen molar-refractivity contribution < 1.29 is 9.47 Å². The summed E-state index contributed by atoms with van der Waals surface area (Å²) in [5, 5.41) is 7.32. The summed E-state index contributed by atoms with van der Waals surface area (Å²) < 4.78 is 14.0. The summed E-state index contributed by atoms with van der Waals surface area (Å²) in [6.45, 7) is 0. The van der Waals surface area contributed by atoms with E-state index in [1.165, 1.54) is 54.6 Å².